The summed E-state index contributed by atoms with van der Waals surface area (Å²) in [5.41, 5.74) is 2.41. The third-order valence-corrected chi connectivity index (χ3v) is 6.10. The normalized spacial score (nSPS) is 15.7. The number of carbonyl (C=O) groups excluding carboxylic acids is 1. The fourth-order valence-corrected chi connectivity index (χ4v) is 4.41. The van der Waals surface area contributed by atoms with Crippen LogP contribution in [0.4, 0.5) is 0 Å². The number of nitrogens with zero attached hydrogens (tertiary/aromatic N) is 3. The molecule has 2 aromatic heterocycles. The first-order valence-corrected chi connectivity index (χ1v) is 11.2. The van der Waals surface area contributed by atoms with Gasteiger partial charge in [0.1, 0.15) is 22.4 Å². The third kappa shape index (κ3) is 4.08. The molecule has 0 radical (unpaired) electrons. The number of benzene rings is 2. The highest BCUT2D eigenvalue weighted by atomic mass is 35.5. The van der Waals surface area contributed by atoms with Crippen molar-refractivity contribution in [2.24, 2.45) is 5.10 Å². The Labute approximate surface area is 200 Å². The Hall–Kier alpha value is -3.35. The molecule has 0 saturated carbocycles. The van der Waals surface area contributed by atoms with Crippen LogP contribution in [0.3, 0.4) is 0 Å². The van der Waals surface area contributed by atoms with E-state index in [9.17, 15) is 4.79 Å². The number of hydrogen-bond acceptors (Lipinski definition) is 5. The van der Waals surface area contributed by atoms with Crippen LogP contribution in [-0.2, 0) is 0 Å². The van der Waals surface area contributed by atoms with E-state index in [1.807, 2.05) is 37.3 Å². The molecule has 1 aliphatic heterocycles. The number of hydrogen-bond donors (Lipinski definition) is 0. The number of hydrazone groups is 1. The van der Waals surface area contributed by atoms with Gasteiger partial charge in [-0.15, -0.1) is 0 Å². The largest absolute Gasteiger partial charge is 0.494 e. The Morgan fingerprint density at radius 3 is 2.76 bits per heavy atom. The van der Waals surface area contributed by atoms with Crippen molar-refractivity contribution in [3.05, 3.63) is 94.0 Å². The number of ether oxygens (including phenoxy) is 1. The number of rotatable bonds is 5. The summed E-state index contributed by atoms with van der Waals surface area (Å²) in [4.78, 5) is 18.1. The van der Waals surface area contributed by atoms with Crippen molar-refractivity contribution in [2.45, 2.75) is 19.4 Å². The minimum atomic E-state index is -0.468. The van der Waals surface area contributed by atoms with Gasteiger partial charge in [-0.1, -0.05) is 35.3 Å². The van der Waals surface area contributed by atoms with Crippen LogP contribution in [0, 0.1) is 0 Å². The molecule has 1 aliphatic rings. The number of fused-ring (bicyclic) bond motifs is 1. The summed E-state index contributed by atoms with van der Waals surface area (Å²) < 4.78 is 11.1. The maximum absolute atomic E-state index is 13.5. The lowest BCUT2D eigenvalue weighted by Gasteiger charge is -2.23. The molecule has 6 nitrogen and oxygen atoms in total. The summed E-state index contributed by atoms with van der Waals surface area (Å²) in [7, 11) is 0. The van der Waals surface area contributed by atoms with Gasteiger partial charge in [-0.05, 0) is 49.4 Å². The summed E-state index contributed by atoms with van der Waals surface area (Å²) >= 11 is 13.0. The van der Waals surface area contributed by atoms with E-state index in [1.54, 1.807) is 36.6 Å². The van der Waals surface area contributed by atoms with Crippen LogP contribution in [0.2, 0.25) is 10.2 Å². The van der Waals surface area contributed by atoms with Crippen LogP contribution >= 0.6 is 23.2 Å². The van der Waals surface area contributed by atoms with Crippen molar-refractivity contribution in [3.63, 3.8) is 0 Å². The molecule has 0 aliphatic carbocycles. The van der Waals surface area contributed by atoms with Crippen LogP contribution in [0.1, 0.15) is 41.1 Å². The van der Waals surface area contributed by atoms with Crippen molar-refractivity contribution in [1.82, 2.24) is 9.99 Å². The van der Waals surface area contributed by atoms with E-state index in [-0.39, 0.29) is 5.91 Å². The smallest absolute Gasteiger partial charge is 0.276 e. The van der Waals surface area contributed by atoms with Crippen LogP contribution < -0.4 is 4.74 Å². The fraction of sp³-hybridized carbons (Fsp3) is 0.160. The summed E-state index contributed by atoms with van der Waals surface area (Å²) in [6.45, 7) is 2.49. The number of furan rings is 1. The zero-order valence-electron chi connectivity index (χ0n) is 17.7. The molecule has 1 amide bonds. The van der Waals surface area contributed by atoms with Crippen molar-refractivity contribution in [1.29, 1.82) is 0 Å². The Kier molecular flexibility index (Phi) is 5.79. The van der Waals surface area contributed by atoms with Crippen molar-refractivity contribution < 1.29 is 13.9 Å². The van der Waals surface area contributed by atoms with E-state index in [1.165, 1.54) is 5.01 Å². The number of pyridine rings is 1. The van der Waals surface area contributed by atoms with Gasteiger partial charge in [-0.25, -0.2) is 9.99 Å². The lowest BCUT2D eigenvalue weighted by atomic mass is 10.00. The van der Waals surface area contributed by atoms with E-state index in [4.69, 9.17) is 32.4 Å². The summed E-state index contributed by atoms with van der Waals surface area (Å²) in [5.74, 6) is 0.997. The molecule has 0 spiro atoms. The quantitative estimate of drug-likeness (QED) is 0.305. The summed E-state index contributed by atoms with van der Waals surface area (Å²) in [5, 5.41) is 7.57. The van der Waals surface area contributed by atoms with Gasteiger partial charge in [-0.2, -0.15) is 5.10 Å². The van der Waals surface area contributed by atoms with Gasteiger partial charge in [-0.3, -0.25) is 4.79 Å². The summed E-state index contributed by atoms with van der Waals surface area (Å²) in [6, 6.07) is 17.6. The van der Waals surface area contributed by atoms with Crippen molar-refractivity contribution in [2.75, 3.05) is 6.61 Å². The first-order valence-electron chi connectivity index (χ1n) is 10.5. The van der Waals surface area contributed by atoms with E-state index in [0.717, 1.165) is 11.1 Å². The van der Waals surface area contributed by atoms with E-state index >= 15 is 0 Å². The van der Waals surface area contributed by atoms with Crippen LogP contribution in [0.5, 0.6) is 5.75 Å². The Morgan fingerprint density at radius 2 is 2.00 bits per heavy atom. The number of carbonyl (C=O) groups is 1. The Morgan fingerprint density at radius 1 is 1.15 bits per heavy atom. The van der Waals surface area contributed by atoms with Gasteiger partial charge in [0.25, 0.3) is 5.91 Å². The van der Waals surface area contributed by atoms with Gasteiger partial charge in [0.2, 0.25) is 0 Å². The molecule has 1 unspecified atom stereocenters. The van der Waals surface area contributed by atoms with Crippen molar-refractivity contribution >= 4 is 45.7 Å². The highest BCUT2D eigenvalue weighted by Gasteiger charge is 2.36. The fourth-order valence-electron chi connectivity index (χ4n) is 3.92. The van der Waals surface area contributed by atoms with Crippen LogP contribution in [0.25, 0.3) is 10.9 Å². The Bertz CT molecular complexity index is 1370. The molecule has 166 valence electrons. The van der Waals surface area contributed by atoms with E-state index in [2.05, 4.69) is 10.1 Å². The van der Waals surface area contributed by atoms with Gasteiger partial charge < -0.3 is 9.15 Å². The van der Waals surface area contributed by atoms with Gasteiger partial charge in [0.05, 0.1) is 35.0 Å². The lowest BCUT2D eigenvalue weighted by molar-refractivity contribution is 0.0711. The molecule has 8 heteroatoms. The minimum Gasteiger partial charge on any atom is -0.494 e. The molecule has 0 N–H and O–H groups in total. The molecule has 1 atom stereocenters. The average Bonchev–Trinajstić information content (AvgIpc) is 3.49. The van der Waals surface area contributed by atoms with Gasteiger partial charge >= 0.3 is 0 Å². The topological polar surface area (TPSA) is 67.9 Å². The van der Waals surface area contributed by atoms with E-state index in [0.29, 0.717) is 51.3 Å². The van der Waals surface area contributed by atoms with Crippen LogP contribution in [0.15, 0.2) is 76.4 Å². The standard InChI is InChI=1S/C25H19Cl2N3O3/c1-2-32-16-10-9-15-12-18(24(27)28-20(15)13-16)22-14-21(23-8-5-11-33-23)29-30(22)25(31)17-6-3-4-7-19(17)26/h3-13,22H,2,14H2,1H3. The lowest BCUT2D eigenvalue weighted by Crippen LogP contribution is -2.27. The van der Waals surface area contributed by atoms with Crippen LogP contribution in [-0.4, -0.2) is 28.2 Å². The second-order valence-electron chi connectivity index (χ2n) is 7.53. The monoisotopic (exact) mass is 479 g/mol. The second kappa shape index (κ2) is 8.89. The summed E-state index contributed by atoms with van der Waals surface area (Å²) in [6.07, 6.45) is 2.00. The molecular weight excluding hydrogens is 461 g/mol. The Balaban J connectivity index is 1.58. The predicted molar refractivity (Wildman–Crippen MR) is 128 cm³/mol. The van der Waals surface area contributed by atoms with Gasteiger partial charge in [0.15, 0.2) is 0 Å². The highest BCUT2D eigenvalue weighted by Crippen LogP contribution is 2.39. The molecule has 2 aromatic carbocycles. The number of halogens is 2. The zero-order valence-corrected chi connectivity index (χ0v) is 19.2. The molecule has 33 heavy (non-hydrogen) atoms. The molecule has 5 rings (SSSR count). The maximum Gasteiger partial charge on any atom is 0.276 e. The molecule has 0 fully saturated rings. The number of aromatic nitrogens is 1. The molecule has 4 aromatic rings. The average molecular weight is 480 g/mol. The first kappa shape index (κ1) is 21.5. The van der Waals surface area contributed by atoms with Gasteiger partial charge in [0, 0.05) is 23.4 Å². The molecular formula is C25H19Cl2N3O3. The SMILES string of the molecule is CCOc1ccc2cc(C3CC(c4ccco4)=NN3C(=O)c3ccccc3Cl)c(Cl)nc2c1. The van der Waals surface area contributed by atoms with Crippen molar-refractivity contribution in [3.8, 4) is 5.75 Å². The third-order valence-electron chi connectivity index (χ3n) is 5.47. The first-order chi connectivity index (χ1) is 16.0. The predicted octanol–water partition coefficient (Wildman–Crippen LogP) is 6.52. The molecule has 0 bridgehead atoms. The zero-order chi connectivity index (χ0) is 22.9. The van der Waals surface area contributed by atoms with E-state index < -0.39 is 6.04 Å². The minimum absolute atomic E-state index is 0.300. The maximum atomic E-state index is 13.5. The molecule has 3 heterocycles. The number of amides is 1. The highest BCUT2D eigenvalue weighted by molar-refractivity contribution is 6.34. The molecule has 0 saturated heterocycles. The second-order valence-corrected chi connectivity index (χ2v) is 8.29.